The highest BCUT2D eigenvalue weighted by molar-refractivity contribution is 5.91. The number of aliphatic hydroxyl groups excluding tert-OH is 1. The number of carbonyl (C=O) groups is 3. The van der Waals surface area contributed by atoms with Gasteiger partial charge in [-0.3, -0.25) is 9.59 Å². The van der Waals surface area contributed by atoms with Crippen molar-refractivity contribution in [1.82, 2.24) is 10.2 Å². The first-order valence-corrected chi connectivity index (χ1v) is 8.84. The molecule has 0 aromatic rings. The Morgan fingerprint density at radius 1 is 1.24 bits per heavy atom. The summed E-state index contributed by atoms with van der Waals surface area (Å²) in [7, 11) is 0. The maximum absolute atomic E-state index is 13.0. The normalized spacial score (nSPS) is 25.7. The molecule has 1 aliphatic heterocycles. The predicted octanol–water partition coefficient (Wildman–Crippen LogP) is 0.517. The largest absolute Gasteiger partial charge is 0.446 e. The van der Waals surface area contributed by atoms with Crippen molar-refractivity contribution >= 4 is 17.9 Å². The lowest BCUT2D eigenvalue weighted by atomic mass is 9.85. The van der Waals surface area contributed by atoms with Crippen LogP contribution in [0.3, 0.4) is 0 Å². The van der Waals surface area contributed by atoms with Crippen molar-refractivity contribution in [3.05, 3.63) is 0 Å². The molecule has 0 spiro atoms. The molecule has 2 fully saturated rings. The summed E-state index contributed by atoms with van der Waals surface area (Å²) < 4.78 is 5.38. The number of β-amino-alcohol motifs (C(OH)–C–C–N with tert-alkyl or cyclic N) is 1. The van der Waals surface area contributed by atoms with Crippen molar-refractivity contribution in [2.75, 3.05) is 6.54 Å². The van der Waals surface area contributed by atoms with Gasteiger partial charge in [0.1, 0.15) is 18.2 Å². The Morgan fingerprint density at radius 3 is 2.36 bits per heavy atom. The Balaban J connectivity index is 2.09. The molecule has 8 nitrogen and oxygen atoms in total. The summed E-state index contributed by atoms with van der Waals surface area (Å²) in [5.41, 5.74) is 4.76. The maximum atomic E-state index is 13.0. The Morgan fingerprint density at radius 2 is 1.84 bits per heavy atom. The highest BCUT2D eigenvalue weighted by Gasteiger charge is 2.44. The zero-order valence-electron chi connectivity index (χ0n) is 15.2. The second-order valence-electron chi connectivity index (χ2n) is 8.05. The van der Waals surface area contributed by atoms with Crippen LogP contribution in [0.5, 0.6) is 0 Å². The lowest BCUT2D eigenvalue weighted by Gasteiger charge is -2.34. The van der Waals surface area contributed by atoms with E-state index in [9.17, 15) is 19.5 Å². The minimum Gasteiger partial charge on any atom is -0.446 e. The van der Waals surface area contributed by atoms with E-state index < -0.39 is 41.5 Å². The van der Waals surface area contributed by atoms with Gasteiger partial charge in [0.25, 0.3) is 0 Å². The molecule has 1 heterocycles. The Hall–Kier alpha value is -1.83. The van der Waals surface area contributed by atoms with Gasteiger partial charge in [-0.2, -0.15) is 0 Å². The molecule has 0 aromatic carbocycles. The van der Waals surface area contributed by atoms with Gasteiger partial charge in [0.05, 0.1) is 6.10 Å². The first-order valence-electron chi connectivity index (χ1n) is 8.84. The molecule has 2 rings (SSSR count). The van der Waals surface area contributed by atoms with Gasteiger partial charge in [-0.15, -0.1) is 0 Å². The number of likely N-dealkylation sites (tertiary alicyclic amines) is 1. The van der Waals surface area contributed by atoms with Crippen LogP contribution in [-0.4, -0.2) is 58.8 Å². The summed E-state index contributed by atoms with van der Waals surface area (Å²) in [4.78, 5) is 38.0. The maximum Gasteiger partial charge on any atom is 0.408 e. The molecule has 25 heavy (non-hydrogen) atoms. The number of carbonyl (C=O) groups excluding carboxylic acids is 3. The molecule has 142 valence electrons. The second-order valence-corrected chi connectivity index (χ2v) is 8.05. The van der Waals surface area contributed by atoms with E-state index >= 15 is 0 Å². The number of nitrogens with two attached hydrogens (primary N) is 1. The summed E-state index contributed by atoms with van der Waals surface area (Å²) in [5, 5.41) is 12.5. The van der Waals surface area contributed by atoms with Crippen molar-refractivity contribution in [2.24, 2.45) is 11.1 Å². The van der Waals surface area contributed by atoms with Gasteiger partial charge in [0.2, 0.25) is 11.8 Å². The van der Waals surface area contributed by atoms with E-state index in [4.69, 9.17) is 10.5 Å². The number of primary amides is 1. The SMILES string of the molecule is CC(C)(C)[C@H](NC(=O)OC1CCCC1)C(=O)N1C[C@H](O)C[C@H]1C(N)=O. The molecule has 4 N–H and O–H groups in total. The van der Waals surface area contributed by atoms with Gasteiger partial charge in [-0.25, -0.2) is 4.79 Å². The van der Waals surface area contributed by atoms with E-state index in [1.165, 1.54) is 4.90 Å². The third kappa shape index (κ3) is 4.84. The fraction of sp³-hybridized carbons (Fsp3) is 0.824. The van der Waals surface area contributed by atoms with Crippen molar-refractivity contribution in [2.45, 2.75) is 77.2 Å². The number of rotatable bonds is 4. The number of hydrogen-bond donors (Lipinski definition) is 3. The fourth-order valence-corrected chi connectivity index (χ4v) is 3.45. The minimum absolute atomic E-state index is 0.0262. The number of amides is 3. The van der Waals surface area contributed by atoms with E-state index in [0.717, 1.165) is 25.7 Å². The highest BCUT2D eigenvalue weighted by Crippen LogP contribution is 2.26. The molecule has 3 atom stereocenters. The lowest BCUT2D eigenvalue weighted by molar-refractivity contribution is -0.141. The molecule has 2 aliphatic rings. The third-order valence-electron chi connectivity index (χ3n) is 4.84. The van der Waals surface area contributed by atoms with Gasteiger partial charge in [0, 0.05) is 13.0 Å². The first kappa shape index (κ1) is 19.5. The lowest BCUT2D eigenvalue weighted by Crippen LogP contribution is -2.57. The smallest absolute Gasteiger partial charge is 0.408 e. The zero-order chi connectivity index (χ0) is 18.8. The van der Waals surface area contributed by atoms with Crippen LogP contribution >= 0.6 is 0 Å². The topological polar surface area (TPSA) is 122 Å². The standard InChI is InChI=1S/C17H29N3O5/c1-17(2,3)13(19-16(24)25-11-6-4-5-7-11)15(23)20-9-10(21)8-12(20)14(18)22/h10-13,21H,4-9H2,1-3H3,(H2,18,22)(H,19,24)/t10-,12+,13-/m1/s1. The summed E-state index contributed by atoms with van der Waals surface area (Å²) in [6, 6.07) is -1.74. The van der Waals surface area contributed by atoms with E-state index in [0.29, 0.717) is 0 Å². The molecule has 3 amide bonds. The molecule has 8 heteroatoms. The summed E-state index contributed by atoms with van der Waals surface area (Å²) >= 11 is 0. The van der Waals surface area contributed by atoms with Crippen LogP contribution in [0.2, 0.25) is 0 Å². The molecule has 0 aromatic heterocycles. The van der Waals surface area contributed by atoms with E-state index in [1.807, 2.05) is 20.8 Å². The van der Waals surface area contributed by atoms with Gasteiger partial charge in [-0.05, 0) is 31.1 Å². The van der Waals surface area contributed by atoms with Crippen molar-refractivity contribution in [3.8, 4) is 0 Å². The van der Waals surface area contributed by atoms with E-state index in [-0.39, 0.29) is 19.1 Å². The average Bonchev–Trinajstić information content (AvgIpc) is 3.12. The zero-order valence-corrected chi connectivity index (χ0v) is 15.2. The third-order valence-corrected chi connectivity index (χ3v) is 4.84. The Labute approximate surface area is 148 Å². The van der Waals surface area contributed by atoms with Crippen LogP contribution in [-0.2, 0) is 14.3 Å². The fourth-order valence-electron chi connectivity index (χ4n) is 3.45. The second kappa shape index (κ2) is 7.59. The molecule has 0 bridgehead atoms. The number of aliphatic hydroxyl groups is 1. The number of alkyl carbamates (subject to hydrolysis) is 1. The quantitative estimate of drug-likeness (QED) is 0.678. The number of hydrogen-bond acceptors (Lipinski definition) is 5. The van der Waals surface area contributed by atoms with Crippen LogP contribution in [0.4, 0.5) is 4.79 Å². The van der Waals surface area contributed by atoms with Gasteiger partial charge < -0.3 is 25.8 Å². The monoisotopic (exact) mass is 355 g/mol. The van der Waals surface area contributed by atoms with Crippen LogP contribution in [0.25, 0.3) is 0 Å². The highest BCUT2D eigenvalue weighted by atomic mass is 16.6. The van der Waals surface area contributed by atoms with Crippen molar-refractivity contribution in [1.29, 1.82) is 0 Å². The molecule has 1 aliphatic carbocycles. The van der Waals surface area contributed by atoms with Gasteiger partial charge in [0.15, 0.2) is 0 Å². The molecule has 1 saturated heterocycles. The van der Waals surface area contributed by atoms with Crippen LogP contribution in [0.15, 0.2) is 0 Å². The van der Waals surface area contributed by atoms with E-state index in [1.54, 1.807) is 0 Å². The van der Waals surface area contributed by atoms with E-state index in [2.05, 4.69) is 5.32 Å². The van der Waals surface area contributed by atoms with Crippen molar-refractivity contribution < 1.29 is 24.2 Å². The Bertz CT molecular complexity index is 525. The minimum atomic E-state index is -0.881. The average molecular weight is 355 g/mol. The number of nitrogens with one attached hydrogen (secondary N) is 1. The molecule has 1 saturated carbocycles. The predicted molar refractivity (Wildman–Crippen MR) is 90.4 cm³/mol. The number of nitrogens with zero attached hydrogens (tertiary/aromatic N) is 1. The number of ether oxygens (including phenoxy) is 1. The van der Waals surface area contributed by atoms with Gasteiger partial charge in [-0.1, -0.05) is 20.8 Å². The van der Waals surface area contributed by atoms with Gasteiger partial charge >= 0.3 is 6.09 Å². The Kier molecular flexibility index (Phi) is 5.92. The summed E-state index contributed by atoms with van der Waals surface area (Å²) in [6.07, 6.45) is 2.32. The summed E-state index contributed by atoms with van der Waals surface area (Å²) in [6.45, 7) is 5.48. The van der Waals surface area contributed by atoms with Crippen LogP contribution in [0, 0.1) is 5.41 Å². The van der Waals surface area contributed by atoms with Crippen LogP contribution < -0.4 is 11.1 Å². The molecule has 0 unspecified atom stereocenters. The molecular weight excluding hydrogens is 326 g/mol. The van der Waals surface area contributed by atoms with Crippen molar-refractivity contribution in [3.63, 3.8) is 0 Å². The first-order chi connectivity index (χ1) is 11.6. The molecular formula is C17H29N3O5. The molecule has 0 radical (unpaired) electrons. The van der Waals surface area contributed by atoms with Crippen LogP contribution in [0.1, 0.15) is 52.9 Å². The summed E-state index contributed by atoms with van der Waals surface area (Å²) in [5.74, 6) is -1.10.